The smallest absolute Gasteiger partial charge is 0.416 e. The Labute approximate surface area is 167 Å². The number of nitro groups is 1. The van der Waals surface area contributed by atoms with E-state index in [1.807, 2.05) is 13.8 Å². The maximum absolute atomic E-state index is 12.7. The Morgan fingerprint density at radius 3 is 2.61 bits per heavy atom. The Bertz CT molecular complexity index is 888. The van der Waals surface area contributed by atoms with E-state index in [0.717, 1.165) is 18.6 Å². The highest BCUT2D eigenvalue weighted by Crippen LogP contribution is 2.35. The van der Waals surface area contributed by atoms with Gasteiger partial charge in [0.05, 0.1) is 27.3 Å². The van der Waals surface area contributed by atoms with Crippen molar-refractivity contribution < 1.29 is 22.8 Å². The van der Waals surface area contributed by atoms with Crippen LogP contribution in [0.3, 0.4) is 0 Å². The van der Waals surface area contributed by atoms with Gasteiger partial charge in [-0.1, -0.05) is 6.92 Å². The van der Waals surface area contributed by atoms with Crippen molar-refractivity contribution in [2.24, 2.45) is 5.10 Å². The van der Waals surface area contributed by atoms with Crippen molar-refractivity contribution in [1.82, 2.24) is 0 Å². The van der Waals surface area contributed by atoms with E-state index in [9.17, 15) is 23.3 Å². The Hall–Kier alpha value is -2.62. The molecule has 10 heteroatoms. The number of nitrogens with one attached hydrogen (secondary N) is 1. The van der Waals surface area contributed by atoms with Crippen molar-refractivity contribution >= 4 is 33.5 Å². The van der Waals surface area contributed by atoms with E-state index in [0.29, 0.717) is 21.9 Å². The number of anilines is 1. The van der Waals surface area contributed by atoms with Crippen LogP contribution in [-0.2, 0) is 6.18 Å². The van der Waals surface area contributed by atoms with Gasteiger partial charge >= 0.3 is 6.18 Å². The molecule has 1 N–H and O–H groups in total. The highest BCUT2D eigenvalue weighted by atomic mass is 79.9. The Balaban J connectivity index is 2.16. The average molecular weight is 460 g/mol. The molecule has 150 valence electrons. The molecule has 0 radical (unpaired) electrons. The van der Waals surface area contributed by atoms with Crippen LogP contribution in [0.5, 0.6) is 5.75 Å². The van der Waals surface area contributed by atoms with Crippen LogP contribution in [-0.4, -0.2) is 17.2 Å². The fourth-order valence-electron chi connectivity index (χ4n) is 2.12. The number of halogens is 4. The molecule has 0 heterocycles. The maximum Gasteiger partial charge on any atom is 0.416 e. The summed E-state index contributed by atoms with van der Waals surface area (Å²) in [4.78, 5) is 10.2. The van der Waals surface area contributed by atoms with Gasteiger partial charge in [0.25, 0.3) is 5.69 Å². The number of rotatable bonds is 7. The van der Waals surface area contributed by atoms with Crippen molar-refractivity contribution in [3.63, 3.8) is 0 Å². The number of alkyl halides is 3. The van der Waals surface area contributed by atoms with Crippen molar-refractivity contribution in [2.75, 3.05) is 5.43 Å². The molecule has 0 spiro atoms. The average Bonchev–Trinajstić information content (AvgIpc) is 2.62. The van der Waals surface area contributed by atoms with Gasteiger partial charge in [-0.15, -0.1) is 0 Å². The van der Waals surface area contributed by atoms with Gasteiger partial charge in [0.15, 0.2) is 0 Å². The van der Waals surface area contributed by atoms with E-state index in [2.05, 4.69) is 26.5 Å². The van der Waals surface area contributed by atoms with Gasteiger partial charge in [0.2, 0.25) is 0 Å². The zero-order valence-corrected chi connectivity index (χ0v) is 16.5. The lowest BCUT2D eigenvalue weighted by Gasteiger charge is -2.14. The predicted octanol–water partition coefficient (Wildman–Crippen LogP) is 6.00. The lowest BCUT2D eigenvalue weighted by molar-refractivity contribution is -0.384. The lowest BCUT2D eigenvalue weighted by Crippen LogP contribution is -2.10. The minimum Gasteiger partial charge on any atom is -0.490 e. The van der Waals surface area contributed by atoms with Crippen molar-refractivity contribution in [1.29, 1.82) is 0 Å². The molecule has 0 unspecified atom stereocenters. The second kappa shape index (κ2) is 9.05. The molecule has 2 aromatic rings. The molecule has 0 aliphatic rings. The third-order valence-electron chi connectivity index (χ3n) is 3.78. The summed E-state index contributed by atoms with van der Waals surface area (Å²) < 4.78 is 44.6. The van der Waals surface area contributed by atoms with Crippen LogP contribution in [0.1, 0.15) is 31.4 Å². The van der Waals surface area contributed by atoms with Gasteiger partial charge in [-0.25, -0.2) is 0 Å². The summed E-state index contributed by atoms with van der Waals surface area (Å²) in [5.41, 5.74) is 1.10. The van der Waals surface area contributed by atoms with E-state index in [1.165, 1.54) is 6.21 Å². The second-order valence-corrected chi connectivity index (χ2v) is 6.74. The maximum atomic E-state index is 12.7. The molecule has 2 aromatic carbocycles. The molecule has 2 rings (SSSR count). The van der Waals surface area contributed by atoms with Crippen LogP contribution in [0.15, 0.2) is 46.0 Å². The van der Waals surface area contributed by atoms with Gasteiger partial charge in [-0.2, -0.15) is 18.3 Å². The van der Waals surface area contributed by atoms with Crippen LogP contribution in [0.2, 0.25) is 0 Å². The van der Waals surface area contributed by atoms with Crippen LogP contribution >= 0.6 is 15.9 Å². The zero-order chi connectivity index (χ0) is 20.9. The Morgan fingerprint density at radius 2 is 2.04 bits per heavy atom. The highest BCUT2D eigenvalue weighted by molar-refractivity contribution is 9.10. The normalized spacial score (nSPS) is 12.8. The van der Waals surface area contributed by atoms with E-state index >= 15 is 0 Å². The molecule has 0 aliphatic carbocycles. The van der Waals surface area contributed by atoms with Crippen molar-refractivity contribution in [3.8, 4) is 5.75 Å². The highest BCUT2D eigenvalue weighted by Gasteiger charge is 2.33. The fourth-order valence-corrected chi connectivity index (χ4v) is 2.61. The minimum absolute atomic E-state index is 0.0534. The monoisotopic (exact) mass is 459 g/mol. The lowest BCUT2D eigenvalue weighted by atomic mass is 10.1. The van der Waals surface area contributed by atoms with Crippen LogP contribution in [0.25, 0.3) is 0 Å². The SMILES string of the molecule is CC[C@@H](C)Oc1ccc(/C=N\Nc2ccc(C(F)(F)F)cc2[N+](=O)[O-])cc1Br. The minimum atomic E-state index is -4.67. The van der Waals surface area contributed by atoms with E-state index in [4.69, 9.17) is 4.74 Å². The summed E-state index contributed by atoms with van der Waals surface area (Å²) >= 11 is 3.40. The van der Waals surface area contributed by atoms with Gasteiger partial charge in [0, 0.05) is 6.07 Å². The number of benzene rings is 2. The van der Waals surface area contributed by atoms with E-state index < -0.39 is 22.4 Å². The number of hydrazone groups is 1. The van der Waals surface area contributed by atoms with Gasteiger partial charge < -0.3 is 4.74 Å². The largest absolute Gasteiger partial charge is 0.490 e. The summed E-state index contributed by atoms with van der Waals surface area (Å²) in [6.07, 6.45) is -2.37. The number of hydrogen-bond acceptors (Lipinski definition) is 5. The second-order valence-electron chi connectivity index (χ2n) is 5.88. The molecule has 0 aromatic heterocycles. The van der Waals surface area contributed by atoms with Gasteiger partial charge in [-0.3, -0.25) is 15.5 Å². The molecule has 1 atom stereocenters. The molecule has 0 fully saturated rings. The first-order valence-corrected chi connectivity index (χ1v) is 9.02. The molecule has 0 aliphatic heterocycles. The van der Waals surface area contributed by atoms with Gasteiger partial charge in [-0.05, 0) is 65.2 Å². The van der Waals surface area contributed by atoms with Crippen LogP contribution in [0, 0.1) is 10.1 Å². The van der Waals surface area contributed by atoms with Crippen LogP contribution in [0.4, 0.5) is 24.5 Å². The summed E-state index contributed by atoms with van der Waals surface area (Å²) in [5, 5.41) is 14.9. The predicted molar refractivity (Wildman–Crippen MR) is 104 cm³/mol. The summed E-state index contributed by atoms with van der Waals surface area (Å²) in [6.45, 7) is 3.95. The van der Waals surface area contributed by atoms with E-state index in [-0.39, 0.29) is 11.8 Å². The first kappa shape index (κ1) is 21.7. The number of nitrogens with zero attached hydrogens (tertiary/aromatic N) is 2. The van der Waals surface area contributed by atoms with Crippen molar-refractivity contribution in [3.05, 3.63) is 62.1 Å². The Morgan fingerprint density at radius 1 is 1.32 bits per heavy atom. The molecule has 0 amide bonds. The third kappa shape index (κ3) is 5.69. The number of hydrogen-bond donors (Lipinski definition) is 1. The summed E-state index contributed by atoms with van der Waals surface area (Å²) in [5.74, 6) is 0.665. The third-order valence-corrected chi connectivity index (χ3v) is 4.40. The quantitative estimate of drug-likeness (QED) is 0.313. The van der Waals surface area contributed by atoms with E-state index in [1.54, 1.807) is 18.2 Å². The molecule has 0 saturated heterocycles. The Kier molecular flexibility index (Phi) is 7.00. The fraction of sp³-hybridized carbons (Fsp3) is 0.278. The van der Waals surface area contributed by atoms with Gasteiger partial charge in [0.1, 0.15) is 11.4 Å². The topological polar surface area (TPSA) is 76.8 Å². The molecule has 28 heavy (non-hydrogen) atoms. The molecule has 0 bridgehead atoms. The van der Waals surface area contributed by atoms with Crippen molar-refractivity contribution in [2.45, 2.75) is 32.5 Å². The zero-order valence-electron chi connectivity index (χ0n) is 15.0. The van der Waals surface area contributed by atoms with Crippen LogP contribution < -0.4 is 10.2 Å². The standard InChI is InChI=1S/C18H17BrF3N3O3/c1-3-11(2)28-17-7-4-12(8-14(17)19)10-23-24-15-6-5-13(18(20,21)22)9-16(15)25(26)27/h4-11,24H,3H2,1-2H3/b23-10-/t11-/m1/s1. The number of ether oxygens (including phenoxy) is 1. The first-order valence-electron chi connectivity index (χ1n) is 8.22. The molecule has 6 nitrogen and oxygen atoms in total. The molecular weight excluding hydrogens is 443 g/mol. The summed E-state index contributed by atoms with van der Waals surface area (Å²) in [6, 6.07) is 7.41. The summed E-state index contributed by atoms with van der Waals surface area (Å²) in [7, 11) is 0. The molecular formula is C18H17BrF3N3O3. The molecule has 0 saturated carbocycles. The number of nitro benzene ring substituents is 1. The first-order chi connectivity index (χ1) is 13.1.